The third-order valence-electron chi connectivity index (χ3n) is 6.11. The molecule has 0 amide bonds. The van der Waals surface area contributed by atoms with Crippen LogP contribution in [0.2, 0.25) is 0 Å². The second-order valence-corrected chi connectivity index (χ2v) is 8.27. The molecule has 1 fully saturated rings. The molecule has 7 nitrogen and oxygen atoms in total. The maximum Gasteiger partial charge on any atom is 0.173 e. The third kappa shape index (κ3) is 4.97. The number of aromatic nitrogens is 5. The molecule has 8 heteroatoms. The molecule has 0 aliphatic carbocycles. The Kier molecular flexibility index (Phi) is 6.46. The minimum Gasteiger partial charge on any atom is -0.297 e. The van der Waals surface area contributed by atoms with Crippen LogP contribution in [0.5, 0.6) is 0 Å². The lowest BCUT2D eigenvalue weighted by molar-refractivity contribution is 0.0990. The Balaban J connectivity index is 1.39. The topological polar surface area (TPSA) is 63.0 Å². The zero-order chi connectivity index (χ0) is 22.5. The summed E-state index contributed by atoms with van der Waals surface area (Å²) in [5.74, 6) is 0.419. The van der Waals surface area contributed by atoms with E-state index in [-0.39, 0.29) is 11.9 Å². The molecule has 3 heterocycles. The number of hydrogen-bond acceptors (Lipinski definition) is 6. The molecule has 0 unspecified atom stereocenters. The van der Waals surface area contributed by atoms with Crippen LogP contribution in [-0.4, -0.2) is 61.2 Å². The van der Waals surface area contributed by atoms with Crippen molar-refractivity contribution in [2.45, 2.75) is 19.1 Å². The van der Waals surface area contributed by atoms with Crippen LogP contribution in [0, 0.1) is 5.82 Å². The van der Waals surface area contributed by atoms with Gasteiger partial charge in [0.25, 0.3) is 0 Å². The van der Waals surface area contributed by atoms with E-state index in [0.29, 0.717) is 17.9 Å². The monoisotopic (exact) mass is 443 g/mol. The Morgan fingerprint density at radius 1 is 0.788 bits per heavy atom. The molecule has 168 valence electrons. The lowest BCUT2D eigenvalue weighted by Crippen LogP contribution is -2.48. The summed E-state index contributed by atoms with van der Waals surface area (Å²) in [6.07, 6.45) is 3.65. The van der Waals surface area contributed by atoms with Crippen molar-refractivity contribution in [3.63, 3.8) is 0 Å². The summed E-state index contributed by atoms with van der Waals surface area (Å²) >= 11 is 0. The summed E-state index contributed by atoms with van der Waals surface area (Å²) in [4.78, 5) is 8.80. The highest BCUT2D eigenvalue weighted by molar-refractivity contribution is 5.27. The Morgan fingerprint density at radius 3 is 2.24 bits per heavy atom. The van der Waals surface area contributed by atoms with Gasteiger partial charge in [-0.05, 0) is 39.8 Å². The summed E-state index contributed by atoms with van der Waals surface area (Å²) in [7, 11) is 0. The summed E-state index contributed by atoms with van der Waals surface area (Å²) in [5, 5.41) is 12.6. The van der Waals surface area contributed by atoms with Gasteiger partial charge in [0.15, 0.2) is 5.82 Å². The van der Waals surface area contributed by atoms with E-state index in [1.807, 2.05) is 67.0 Å². The second-order valence-electron chi connectivity index (χ2n) is 8.27. The zero-order valence-corrected chi connectivity index (χ0v) is 18.3. The number of halogens is 1. The van der Waals surface area contributed by atoms with Gasteiger partial charge in [0.05, 0.1) is 6.54 Å². The van der Waals surface area contributed by atoms with Gasteiger partial charge in [0, 0.05) is 50.7 Å². The minimum absolute atomic E-state index is 0.240. The zero-order valence-electron chi connectivity index (χ0n) is 18.3. The first-order chi connectivity index (χ1) is 16.3. The average molecular weight is 444 g/mol. The first-order valence-corrected chi connectivity index (χ1v) is 11.2. The van der Waals surface area contributed by atoms with Gasteiger partial charge in [0.1, 0.15) is 11.9 Å². The van der Waals surface area contributed by atoms with Crippen LogP contribution in [-0.2, 0) is 13.1 Å². The molecule has 0 spiro atoms. The number of tetrazole rings is 1. The Morgan fingerprint density at radius 2 is 1.48 bits per heavy atom. The van der Waals surface area contributed by atoms with E-state index < -0.39 is 0 Å². The largest absolute Gasteiger partial charge is 0.297 e. The number of hydrogen-bond donors (Lipinski definition) is 0. The van der Waals surface area contributed by atoms with Crippen molar-refractivity contribution in [3.05, 3.63) is 107 Å². The first kappa shape index (κ1) is 21.4. The number of nitrogens with zero attached hydrogens (tertiary/aromatic N) is 7. The van der Waals surface area contributed by atoms with Crippen LogP contribution in [0.15, 0.2) is 79.1 Å². The number of rotatable bonds is 7. The van der Waals surface area contributed by atoms with E-state index in [1.54, 1.807) is 10.7 Å². The van der Waals surface area contributed by atoms with Crippen LogP contribution in [0.1, 0.15) is 28.6 Å². The van der Waals surface area contributed by atoms with Gasteiger partial charge in [0.2, 0.25) is 0 Å². The van der Waals surface area contributed by atoms with Crippen molar-refractivity contribution < 1.29 is 4.39 Å². The van der Waals surface area contributed by atoms with Crippen molar-refractivity contribution >= 4 is 0 Å². The predicted octanol–water partition coefficient (Wildman–Crippen LogP) is 3.16. The highest BCUT2D eigenvalue weighted by Gasteiger charge is 2.32. The predicted molar refractivity (Wildman–Crippen MR) is 123 cm³/mol. The molecule has 1 atom stereocenters. The lowest BCUT2D eigenvalue weighted by atomic mass is 10.0. The van der Waals surface area contributed by atoms with Crippen molar-refractivity contribution in [2.75, 3.05) is 26.2 Å². The molecular formula is C25H26FN7. The molecule has 2 aromatic heterocycles. The maximum atomic E-state index is 15.0. The minimum atomic E-state index is -0.354. The summed E-state index contributed by atoms with van der Waals surface area (Å²) in [5.41, 5.74) is 2.95. The lowest BCUT2D eigenvalue weighted by Gasteiger charge is -2.39. The van der Waals surface area contributed by atoms with Crippen LogP contribution >= 0.6 is 0 Å². The third-order valence-corrected chi connectivity index (χ3v) is 6.11. The molecular weight excluding hydrogens is 417 g/mol. The summed E-state index contributed by atoms with van der Waals surface area (Å²) in [6.45, 7) is 4.77. The van der Waals surface area contributed by atoms with Gasteiger partial charge in [-0.25, -0.2) is 9.07 Å². The van der Waals surface area contributed by atoms with E-state index in [4.69, 9.17) is 0 Å². The Hall–Kier alpha value is -3.49. The van der Waals surface area contributed by atoms with E-state index in [1.165, 1.54) is 11.6 Å². The standard InChI is InChI=1S/C25H26FN7/c26-23-9-5-4-8-22(23)24(25-28-29-30-33(25)19-20-6-2-1-3-7-20)32-16-14-31(15-17-32)18-21-10-12-27-13-11-21/h1-13,24H,14-19H2/t24-/m0/s1. The molecule has 1 aliphatic heterocycles. The molecule has 33 heavy (non-hydrogen) atoms. The molecule has 1 saturated heterocycles. The molecule has 4 aromatic rings. The molecule has 5 rings (SSSR count). The van der Waals surface area contributed by atoms with Crippen LogP contribution in [0.25, 0.3) is 0 Å². The van der Waals surface area contributed by atoms with E-state index in [9.17, 15) is 4.39 Å². The fraction of sp³-hybridized carbons (Fsp3) is 0.280. The molecule has 0 radical (unpaired) electrons. The van der Waals surface area contributed by atoms with Crippen LogP contribution < -0.4 is 0 Å². The van der Waals surface area contributed by atoms with Crippen molar-refractivity contribution in [3.8, 4) is 0 Å². The average Bonchev–Trinajstić information content (AvgIpc) is 3.30. The maximum absolute atomic E-state index is 15.0. The molecule has 2 aromatic carbocycles. The molecule has 0 N–H and O–H groups in total. The van der Waals surface area contributed by atoms with Gasteiger partial charge >= 0.3 is 0 Å². The SMILES string of the molecule is Fc1ccccc1[C@@H](c1nnnn1Cc1ccccc1)N1CCN(Cc2ccncc2)CC1. The highest BCUT2D eigenvalue weighted by Crippen LogP contribution is 2.30. The van der Waals surface area contributed by atoms with Gasteiger partial charge in [-0.2, -0.15) is 0 Å². The molecule has 0 saturated carbocycles. The van der Waals surface area contributed by atoms with Crippen molar-refractivity contribution in [1.82, 2.24) is 35.0 Å². The normalized spacial score (nSPS) is 16.0. The van der Waals surface area contributed by atoms with Gasteiger partial charge in [-0.3, -0.25) is 14.8 Å². The number of pyridine rings is 1. The quantitative estimate of drug-likeness (QED) is 0.437. The summed E-state index contributed by atoms with van der Waals surface area (Å²) in [6, 6.07) is 20.7. The van der Waals surface area contributed by atoms with Gasteiger partial charge in [-0.15, -0.1) is 5.10 Å². The van der Waals surface area contributed by atoms with Gasteiger partial charge in [-0.1, -0.05) is 48.5 Å². The van der Waals surface area contributed by atoms with E-state index >= 15 is 0 Å². The number of piperazine rings is 1. The molecule has 1 aliphatic rings. The van der Waals surface area contributed by atoms with E-state index in [0.717, 1.165) is 38.3 Å². The van der Waals surface area contributed by atoms with E-state index in [2.05, 4.69) is 30.3 Å². The second kappa shape index (κ2) is 9.97. The Bertz CT molecular complexity index is 1160. The fourth-order valence-corrected chi connectivity index (χ4v) is 4.40. The van der Waals surface area contributed by atoms with Crippen LogP contribution in [0.3, 0.4) is 0 Å². The highest BCUT2D eigenvalue weighted by atomic mass is 19.1. The summed E-state index contributed by atoms with van der Waals surface area (Å²) < 4.78 is 16.8. The van der Waals surface area contributed by atoms with Gasteiger partial charge < -0.3 is 0 Å². The first-order valence-electron chi connectivity index (χ1n) is 11.2. The van der Waals surface area contributed by atoms with Crippen LogP contribution in [0.4, 0.5) is 4.39 Å². The fourth-order valence-electron chi connectivity index (χ4n) is 4.40. The number of benzene rings is 2. The van der Waals surface area contributed by atoms with Crippen molar-refractivity contribution in [1.29, 1.82) is 0 Å². The van der Waals surface area contributed by atoms with Crippen molar-refractivity contribution in [2.24, 2.45) is 0 Å². The Labute approximate surface area is 192 Å². The molecule has 0 bridgehead atoms. The smallest absolute Gasteiger partial charge is 0.173 e.